The van der Waals surface area contributed by atoms with E-state index in [1.807, 2.05) is 12.1 Å². The fourth-order valence-corrected chi connectivity index (χ4v) is 5.08. The van der Waals surface area contributed by atoms with Crippen molar-refractivity contribution in [2.45, 2.75) is 26.1 Å². The number of rotatable bonds is 5. The van der Waals surface area contributed by atoms with E-state index in [0.29, 0.717) is 5.56 Å². The third kappa shape index (κ3) is 4.10. The molecule has 5 rings (SSSR count). The molecule has 0 unspecified atom stereocenters. The zero-order chi connectivity index (χ0) is 22.1. The zero-order valence-electron chi connectivity index (χ0n) is 18.1. The summed E-state index contributed by atoms with van der Waals surface area (Å²) in [6.07, 6.45) is 1.03. The Morgan fingerprint density at radius 2 is 1.72 bits per heavy atom. The Balaban J connectivity index is 1.48. The van der Waals surface area contributed by atoms with E-state index < -0.39 is 0 Å². The Labute approximate surface area is 197 Å². The van der Waals surface area contributed by atoms with Gasteiger partial charge in [-0.3, -0.25) is 9.69 Å². The second-order valence-corrected chi connectivity index (χ2v) is 9.31. The molecule has 0 bridgehead atoms. The molecule has 0 aliphatic carbocycles. The molecule has 1 aliphatic rings. The topological polar surface area (TPSA) is 37.3 Å². The van der Waals surface area contributed by atoms with Gasteiger partial charge in [-0.2, -0.15) is 0 Å². The first kappa shape index (κ1) is 21.0. The normalized spacial score (nSPS) is 13.8. The molecule has 2 heterocycles. The van der Waals surface area contributed by atoms with Gasteiger partial charge < -0.3 is 9.88 Å². The molecule has 0 saturated carbocycles. The first-order valence-corrected chi connectivity index (χ1v) is 11.8. The van der Waals surface area contributed by atoms with Crippen molar-refractivity contribution >= 4 is 32.7 Å². The fraction of sp³-hybridized carbons (Fsp3) is 0.222. The molecule has 32 heavy (non-hydrogen) atoms. The number of fused-ring (bicyclic) bond motifs is 3. The maximum absolute atomic E-state index is 11.9. The van der Waals surface area contributed by atoms with Crippen LogP contribution in [0.15, 0.2) is 77.3 Å². The van der Waals surface area contributed by atoms with Crippen molar-refractivity contribution < 1.29 is 4.79 Å². The average Bonchev–Trinajstić information content (AvgIpc) is 3.12. The van der Waals surface area contributed by atoms with Crippen LogP contribution < -0.4 is 5.32 Å². The predicted octanol–water partition coefficient (Wildman–Crippen LogP) is 5.37. The second-order valence-electron chi connectivity index (χ2n) is 8.40. The Bertz CT molecular complexity index is 1260. The second kappa shape index (κ2) is 8.93. The van der Waals surface area contributed by atoms with Crippen LogP contribution in [0.25, 0.3) is 10.9 Å². The molecule has 0 atom stereocenters. The number of hydrogen-bond donors (Lipinski definition) is 1. The summed E-state index contributed by atoms with van der Waals surface area (Å²) in [5.74, 6) is -0.0521. The van der Waals surface area contributed by atoms with Crippen LogP contribution in [0.2, 0.25) is 0 Å². The van der Waals surface area contributed by atoms with Crippen LogP contribution >= 0.6 is 15.9 Å². The number of nitrogens with zero attached hydrogens (tertiary/aromatic N) is 2. The van der Waals surface area contributed by atoms with E-state index in [2.05, 4.69) is 91.4 Å². The lowest BCUT2D eigenvalue weighted by Crippen LogP contribution is -2.30. The number of aromatic nitrogens is 1. The first-order valence-electron chi connectivity index (χ1n) is 11.0. The molecule has 162 valence electrons. The maximum atomic E-state index is 11.9. The Morgan fingerprint density at radius 1 is 0.969 bits per heavy atom. The van der Waals surface area contributed by atoms with Gasteiger partial charge in [-0.05, 0) is 47.0 Å². The molecule has 1 amide bonds. The van der Waals surface area contributed by atoms with Crippen molar-refractivity contribution in [3.05, 3.63) is 105 Å². The van der Waals surface area contributed by atoms with E-state index in [-0.39, 0.29) is 5.91 Å². The van der Waals surface area contributed by atoms with E-state index in [4.69, 9.17) is 0 Å². The van der Waals surface area contributed by atoms with Gasteiger partial charge in [0.05, 0.1) is 0 Å². The fourth-order valence-electron chi connectivity index (χ4n) is 4.72. The molecule has 1 N–H and O–H groups in total. The number of carbonyl (C=O) groups is 1. The minimum Gasteiger partial charge on any atom is -0.355 e. The van der Waals surface area contributed by atoms with Crippen molar-refractivity contribution in [1.82, 2.24) is 14.8 Å². The molecule has 1 aliphatic heterocycles. The van der Waals surface area contributed by atoms with Crippen molar-refractivity contribution in [1.29, 1.82) is 0 Å². The van der Waals surface area contributed by atoms with Crippen molar-refractivity contribution in [2.24, 2.45) is 0 Å². The third-order valence-electron chi connectivity index (χ3n) is 6.33. The number of amides is 1. The van der Waals surface area contributed by atoms with Gasteiger partial charge in [0.1, 0.15) is 0 Å². The minimum absolute atomic E-state index is 0.0521. The summed E-state index contributed by atoms with van der Waals surface area (Å²) in [5.41, 5.74) is 7.39. The molecule has 1 aromatic heterocycles. The summed E-state index contributed by atoms with van der Waals surface area (Å²) in [5, 5.41) is 4.01. The summed E-state index contributed by atoms with van der Waals surface area (Å²) in [7, 11) is 1.66. The molecule has 5 heteroatoms. The molecule has 3 aromatic carbocycles. The largest absolute Gasteiger partial charge is 0.355 e. The van der Waals surface area contributed by atoms with Gasteiger partial charge in [-0.25, -0.2) is 0 Å². The van der Waals surface area contributed by atoms with Gasteiger partial charge >= 0.3 is 0 Å². The number of nitrogens with one attached hydrogen (secondary N) is 1. The van der Waals surface area contributed by atoms with E-state index >= 15 is 0 Å². The zero-order valence-corrected chi connectivity index (χ0v) is 19.7. The van der Waals surface area contributed by atoms with Crippen molar-refractivity contribution in [3.8, 4) is 0 Å². The van der Waals surface area contributed by atoms with Crippen molar-refractivity contribution in [3.63, 3.8) is 0 Å². The summed E-state index contributed by atoms with van der Waals surface area (Å²) in [6.45, 7) is 3.79. The van der Waals surface area contributed by atoms with Crippen LogP contribution in [0, 0.1) is 0 Å². The van der Waals surface area contributed by atoms with Crippen LogP contribution in [0.4, 0.5) is 0 Å². The smallest absolute Gasteiger partial charge is 0.251 e. The number of hydrogen-bond acceptors (Lipinski definition) is 2. The highest BCUT2D eigenvalue weighted by molar-refractivity contribution is 9.10. The summed E-state index contributed by atoms with van der Waals surface area (Å²) in [6, 6.07) is 25.3. The molecule has 4 nitrogen and oxygen atoms in total. The van der Waals surface area contributed by atoms with Crippen LogP contribution in [0.3, 0.4) is 0 Å². The maximum Gasteiger partial charge on any atom is 0.251 e. The highest BCUT2D eigenvalue weighted by atomic mass is 79.9. The van der Waals surface area contributed by atoms with E-state index in [0.717, 1.165) is 37.1 Å². The standard InChI is InChI=1S/C27H26BrN3O/c1-29-27(32)21-9-7-20(8-10-21)17-31-25-12-11-22(28)15-23(25)24-18-30(14-13-26(24)31)16-19-5-3-2-4-6-19/h2-12,15H,13-14,16-18H2,1H3,(H,29,32). The van der Waals surface area contributed by atoms with E-state index in [1.54, 1.807) is 7.05 Å². The highest BCUT2D eigenvalue weighted by Gasteiger charge is 2.24. The predicted molar refractivity (Wildman–Crippen MR) is 133 cm³/mol. The number of halogens is 1. The molecule has 4 aromatic rings. The Hall–Kier alpha value is -2.89. The Morgan fingerprint density at radius 3 is 2.47 bits per heavy atom. The number of carbonyl (C=O) groups excluding carboxylic acids is 1. The molecule has 0 saturated heterocycles. The number of benzene rings is 3. The van der Waals surface area contributed by atoms with Crippen LogP contribution in [-0.4, -0.2) is 29.0 Å². The molecule has 0 radical (unpaired) electrons. The monoisotopic (exact) mass is 487 g/mol. The first-order chi connectivity index (χ1) is 15.6. The lowest BCUT2D eigenvalue weighted by molar-refractivity contribution is 0.0963. The van der Waals surface area contributed by atoms with E-state index in [1.165, 1.54) is 33.3 Å². The SMILES string of the molecule is CNC(=O)c1ccc(Cn2c3c(c4cc(Br)ccc42)CN(Cc2ccccc2)CC3)cc1. The Kier molecular flexibility index (Phi) is 5.85. The summed E-state index contributed by atoms with van der Waals surface area (Å²) >= 11 is 3.67. The molecule has 0 spiro atoms. The highest BCUT2D eigenvalue weighted by Crippen LogP contribution is 2.34. The average molecular weight is 488 g/mol. The minimum atomic E-state index is -0.0521. The van der Waals surface area contributed by atoms with Gasteiger partial charge in [0.25, 0.3) is 5.91 Å². The quantitative estimate of drug-likeness (QED) is 0.410. The summed E-state index contributed by atoms with van der Waals surface area (Å²) in [4.78, 5) is 14.4. The van der Waals surface area contributed by atoms with Gasteiger partial charge in [0.2, 0.25) is 0 Å². The summed E-state index contributed by atoms with van der Waals surface area (Å²) < 4.78 is 3.58. The lowest BCUT2D eigenvalue weighted by Gasteiger charge is -2.28. The van der Waals surface area contributed by atoms with Gasteiger partial charge in [-0.1, -0.05) is 58.4 Å². The molecule has 0 fully saturated rings. The molecular formula is C27H26BrN3O. The molecular weight excluding hydrogens is 462 g/mol. The van der Waals surface area contributed by atoms with Crippen LogP contribution in [0.5, 0.6) is 0 Å². The van der Waals surface area contributed by atoms with Gasteiger partial charge in [0.15, 0.2) is 0 Å². The van der Waals surface area contributed by atoms with Gasteiger partial charge in [-0.15, -0.1) is 0 Å². The van der Waals surface area contributed by atoms with Crippen LogP contribution in [0.1, 0.15) is 32.7 Å². The van der Waals surface area contributed by atoms with Gasteiger partial charge in [0, 0.05) is 66.3 Å². The van der Waals surface area contributed by atoms with E-state index in [9.17, 15) is 4.79 Å². The van der Waals surface area contributed by atoms with Crippen molar-refractivity contribution in [2.75, 3.05) is 13.6 Å². The lowest BCUT2D eigenvalue weighted by atomic mass is 10.0. The van der Waals surface area contributed by atoms with Crippen LogP contribution in [-0.2, 0) is 26.1 Å². The third-order valence-corrected chi connectivity index (χ3v) is 6.82.